The number of anilines is 1. The Labute approximate surface area is 108 Å². The lowest BCUT2D eigenvalue weighted by molar-refractivity contribution is 0.305. The van der Waals surface area contributed by atoms with Crippen molar-refractivity contribution < 1.29 is 4.74 Å². The van der Waals surface area contributed by atoms with E-state index in [9.17, 15) is 0 Å². The van der Waals surface area contributed by atoms with E-state index >= 15 is 0 Å². The lowest BCUT2D eigenvalue weighted by Gasteiger charge is -2.11. The summed E-state index contributed by atoms with van der Waals surface area (Å²) in [5, 5.41) is 0. The molecule has 0 spiro atoms. The first-order chi connectivity index (χ1) is 8.58. The van der Waals surface area contributed by atoms with Crippen molar-refractivity contribution in [3.8, 4) is 5.75 Å². The minimum atomic E-state index is 0.555. The lowest BCUT2D eigenvalue weighted by Crippen LogP contribution is -2.00. The van der Waals surface area contributed by atoms with Crippen LogP contribution in [0.3, 0.4) is 0 Å². The van der Waals surface area contributed by atoms with Crippen LogP contribution < -0.4 is 10.5 Å². The molecular weight excluding hydrogens is 222 g/mol. The molecule has 0 saturated heterocycles. The fourth-order valence-electron chi connectivity index (χ4n) is 1.82. The molecule has 0 aliphatic rings. The van der Waals surface area contributed by atoms with Gasteiger partial charge in [0.15, 0.2) is 0 Å². The molecule has 2 heteroatoms. The minimum Gasteiger partial charge on any atom is -0.489 e. The van der Waals surface area contributed by atoms with Gasteiger partial charge in [0.2, 0.25) is 0 Å². The Kier molecular flexibility index (Phi) is 3.56. The molecule has 0 radical (unpaired) electrons. The molecule has 2 aromatic carbocycles. The van der Waals surface area contributed by atoms with Crippen LogP contribution in [0.25, 0.3) is 0 Å². The Morgan fingerprint density at radius 2 is 1.78 bits per heavy atom. The molecular formula is C16H19NO. The van der Waals surface area contributed by atoms with E-state index in [1.54, 1.807) is 0 Å². The van der Waals surface area contributed by atoms with E-state index < -0.39 is 0 Å². The third kappa shape index (κ3) is 2.65. The van der Waals surface area contributed by atoms with E-state index in [4.69, 9.17) is 10.5 Å². The number of rotatable bonds is 3. The first-order valence-corrected chi connectivity index (χ1v) is 6.12. The summed E-state index contributed by atoms with van der Waals surface area (Å²) in [6.07, 6.45) is 0. The van der Waals surface area contributed by atoms with Gasteiger partial charge in [0, 0.05) is 5.69 Å². The normalized spacial score (nSPS) is 10.4. The van der Waals surface area contributed by atoms with Crippen LogP contribution in [0.4, 0.5) is 5.69 Å². The van der Waals surface area contributed by atoms with Crippen molar-refractivity contribution in [2.24, 2.45) is 0 Å². The van der Waals surface area contributed by atoms with Gasteiger partial charge >= 0.3 is 0 Å². The van der Waals surface area contributed by atoms with Crippen LogP contribution in [0.5, 0.6) is 5.75 Å². The number of ether oxygens (including phenoxy) is 1. The maximum Gasteiger partial charge on any atom is 0.120 e. The predicted molar refractivity (Wildman–Crippen MR) is 75.8 cm³/mol. The molecule has 0 saturated carbocycles. The molecule has 0 aliphatic heterocycles. The van der Waals surface area contributed by atoms with Crippen LogP contribution in [0.1, 0.15) is 22.3 Å². The fraction of sp³-hybridized carbons (Fsp3) is 0.250. The zero-order valence-corrected chi connectivity index (χ0v) is 11.2. The first kappa shape index (κ1) is 12.5. The highest BCUT2D eigenvalue weighted by molar-refractivity contribution is 5.49. The van der Waals surface area contributed by atoms with Gasteiger partial charge in [-0.1, -0.05) is 18.2 Å². The maximum atomic E-state index is 5.88. The number of benzene rings is 2. The molecule has 0 aromatic heterocycles. The average Bonchev–Trinajstić information content (AvgIpc) is 2.35. The monoisotopic (exact) mass is 241 g/mol. The SMILES string of the molecule is Cc1ccc(OCc2cccc(N)c2C)cc1C. The largest absolute Gasteiger partial charge is 0.489 e. The highest BCUT2D eigenvalue weighted by atomic mass is 16.5. The number of aryl methyl sites for hydroxylation is 2. The summed E-state index contributed by atoms with van der Waals surface area (Å²) in [6, 6.07) is 12.1. The smallest absolute Gasteiger partial charge is 0.120 e. The molecule has 94 valence electrons. The number of nitrogens with two attached hydrogens (primary N) is 1. The van der Waals surface area contributed by atoms with Gasteiger partial charge in [-0.2, -0.15) is 0 Å². The average molecular weight is 241 g/mol. The van der Waals surface area contributed by atoms with Crippen molar-refractivity contribution in [2.45, 2.75) is 27.4 Å². The van der Waals surface area contributed by atoms with Crippen LogP contribution >= 0.6 is 0 Å². The zero-order chi connectivity index (χ0) is 13.1. The van der Waals surface area contributed by atoms with Gasteiger partial charge in [-0.15, -0.1) is 0 Å². The van der Waals surface area contributed by atoms with Gasteiger partial charge in [0.05, 0.1) is 0 Å². The van der Waals surface area contributed by atoms with Crippen molar-refractivity contribution in [1.29, 1.82) is 0 Å². The summed E-state index contributed by atoms with van der Waals surface area (Å²) in [5.41, 5.74) is 11.5. The van der Waals surface area contributed by atoms with Crippen LogP contribution in [0.2, 0.25) is 0 Å². The molecule has 0 fully saturated rings. The highest BCUT2D eigenvalue weighted by Crippen LogP contribution is 2.20. The van der Waals surface area contributed by atoms with Crippen molar-refractivity contribution in [3.63, 3.8) is 0 Å². The van der Waals surface area contributed by atoms with Crippen molar-refractivity contribution >= 4 is 5.69 Å². The first-order valence-electron chi connectivity index (χ1n) is 6.12. The van der Waals surface area contributed by atoms with Gasteiger partial charge in [0.1, 0.15) is 12.4 Å². The molecule has 0 atom stereocenters. The maximum absolute atomic E-state index is 5.88. The van der Waals surface area contributed by atoms with E-state index in [0.717, 1.165) is 22.6 Å². The van der Waals surface area contributed by atoms with Crippen molar-refractivity contribution in [1.82, 2.24) is 0 Å². The highest BCUT2D eigenvalue weighted by Gasteiger charge is 2.03. The third-order valence-corrected chi connectivity index (χ3v) is 3.36. The Balaban J connectivity index is 2.11. The molecule has 2 N–H and O–H groups in total. The summed E-state index contributed by atoms with van der Waals surface area (Å²) in [4.78, 5) is 0. The summed E-state index contributed by atoms with van der Waals surface area (Å²) in [7, 11) is 0. The Hall–Kier alpha value is -1.96. The fourth-order valence-corrected chi connectivity index (χ4v) is 1.82. The standard InChI is InChI=1S/C16H19NO/c1-11-7-8-15(9-12(11)2)18-10-14-5-4-6-16(17)13(14)3/h4-9H,10,17H2,1-3H3. The van der Waals surface area contributed by atoms with Gasteiger partial charge in [-0.25, -0.2) is 0 Å². The van der Waals surface area contributed by atoms with Crippen LogP contribution in [0, 0.1) is 20.8 Å². The number of hydrogen-bond acceptors (Lipinski definition) is 2. The summed E-state index contributed by atoms with van der Waals surface area (Å²) < 4.78 is 5.81. The predicted octanol–water partition coefficient (Wildman–Crippen LogP) is 3.77. The topological polar surface area (TPSA) is 35.2 Å². The zero-order valence-electron chi connectivity index (χ0n) is 11.2. The van der Waals surface area contributed by atoms with Crippen molar-refractivity contribution in [3.05, 3.63) is 58.7 Å². The van der Waals surface area contributed by atoms with Gasteiger partial charge < -0.3 is 10.5 Å². The van der Waals surface area contributed by atoms with Crippen LogP contribution in [-0.4, -0.2) is 0 Å². The molecule has 0 heterocycles. The lowest BCUT2D eigenvalue weighted by atomic mass is 10.1. The molecule has 0 bridgehead atoms. The van der Waals surface area contributed by atoms with Gasteiger partial charge in [0.25, 0.3) is 0 Å². The molecule has 0 unspecified atom stereocenters. The van der Waals surface area contributed by atoms with E-state index in [-0.39, 0.29) is 0 Å². The minimum absolute atomic E-state index is 0.555. The van der Waals surface area contributed by atoms with E-state index in [1.807, 2.05) is 31.2 Å². The Morgan fingerprint density at radius 3 is 2.50 bits per heavy atom. The summed E-state index contributed by atoms with van der Waals surface area (Å²) in [6.45, 7) is 6.77. The molecule has 18 heavy (non-hydrogen) atoms. The van der Waals surface area contributed by atoms with Crippen molar-refractivity contribution in [2.75, 3.05) is 5.73 Å². The molecule has 2 nitrogen and oxygen atoms in total. The Bertz CT molecular complexity index is 561. The molecule has 2 aromatic rings. The van der Waals surface area contributed by atoms with E-state index in [2.05, 4.69) is 26.0 Å². The molecule has 0 aliphatic carbocycles. The second-order valence-corrected chi connectivity index (χ2v) is 4.67. The van der Waals surface area contributed by atoms with E-state index in [0.29, 0.717) is 6.61 Å². The summed E-state index contributed by atoms with van der Waals surface area (Å²) in [5.74, 6) is 0.903. The van der Waals surface area contributed by atoms with E-state index in [1.165, 1.54) is 11.1 Å². The second kappa shape index (κ2) is 5.13. The third-order valence-electron chi connectivity index (χ3n) is 3.36. The summed E-state index contributed by atoms with van der Waals surface area (Å²) >= 11 is 0. The van der Waals surface area contributed by atoms with Gasteiger partial charge in [-0.05, 0) is 61.2 Å². The number of hydrogen-bond donors (Lipinski definition) is 1. The molecule has 0 amide bonds. The second-order valence-electron chi connectivity index (χ2n) is 4.67. The van der Waals surface area contributed by atoms with Crippen LogP contribution in [0.15, 0.2) is 36.4 Å². The molecule has 2 rings (SSSR count). The van der Waals surface area contributed by atoms with Gasteiger partial charge in [-0.3, -0.25) is 0 Å². The van der Waals surface area contributed by atoms with Crippen LogP contribution in [-0.2, 0) is 6.61 Å². The Morgan fingerprint density at radius 1 is 1.00 bits per heavy atom. The quantitative estimate of drug-likeness (QED) is 0.830. The number of nitrogen functional groups attached to an aromatic ring is 1.